The van der Waals surface area contributed by atoms with Gasteiger partial charge in [-0.1, -0.05) is 12.8 Å². The second kappa shape index (κ2) is 8.92. The first-order chi connectivity index (χ1) is 13.7. The van der Waals surface area contributed by atoms with E-state index in [1.54, 1.807) is 12.1 Å². The number of anilines is 2. The third-order valence-corrected chi connectivity index (χ3v) is 6.10. The van der Waals surface area contributed by atoms with Crippen LogP contribution in [-0.2, 0) is 9.53 Å². The van der Waals surface area contributed by atoms with Crippen LogP contribution in [0.4, 0.5) is 16.2 Å². The zero-order chi connectivity index (χ0) is 19.3. The van der Waals surface area contributed by atoms with Gasteiger partial charge in [0.15, 0.2) is 0 Å². The Balaban J connectivity index is 1.22. The minimum absolute atomic E-state index is 0.0319. The highest BCUT2D eigenvalue weighted by atomic mass is 16.5. The third kappa shape index (κ3) is 4.83. The molecule has 7 nitrogen and oxygen atoms in total. The predicted molar refractivity (Wildman–Crippen MR) is 108 cm³/mol. The molecular weight excluding hydrogens is 356 g/mol. The zero-order valence-corrected chi connectivity index (χ0v) is 16.2. The normalized spacial score (nSPS) is 29.1. The maximum Gasteiger partial charge on any atom is 0.319 e. The van der Waals surface area contributed by atoms with E-state index in [0.717, 1.165) is 31.6 Å². The van der Waals surface area contributed by atoms with Crippen molar-refractivity contribution in [1.82, 2.24) is 10.6 Å². The number of benzene rings is 1. The van der Waals surface area contributed by atoms with Gasteiger partial charge in [0.1, 0.15) is 0 Å². The number of fused-ring (bicyclic) bond motifs is 1. The van der Waals surface area contributed by atoms with Crippen molar-refractivity contribution in [2.24, 2.45) is 5.92 Å². The molecule has 4 unspecified atom stereocenters. The molecule has 2 aliphatic heterocycles. The summed E-state index contributed by atoms with van der Waals surface area (Å²) >= 11 is 0. The fourth-order valence-corrected chi connectivity index (χ4v) is 4.57. The van der Waals surface area contributed by atoms with Gasteiger partial charge in [0, 0.05) is 30.6 Å². The number of rotatable bonds is 5. The van der Waals surface area contributed by atoms with Crippen LogP contribution in [0.2, 0.25) is 0 Å². The molecule has 2 heterocycles. The fourth-order valence-electron chi connectivity index (χ4n) is 4.57. The Labute approximate surface area is 166 Å². The molecule has 0 spiro atoms. The fraction of sp³-hybridized carbons (Fsp3) is 0.619. The van der Waals surface area contributed by atoms with Crippen LogP contribution < -0.4 is 21.3 Å². The first-order valence-corrected chi connectivity index (χ1v) is 10.5. The molecule has 2 saturated heterocycles. The van der Waals surface area contributed by atoms with E-state index in [4.69, 9.17) is 4.74 Å². The van der Waals surface area contributed by atoms with E-state index in [0.29, 0.717) is 24.2 Å². The number of amides is 3. The van der Waals surface area contributed by atoms with E-state index in [9.17, 15) is 9.59 Å². The lowest BCUT2D eigenvalue weighted by atomic mass is 9.85. The van der Waals surface area contributed by atoms with Gasteiger partial charge in [-0.15, -0.1) is 0 Å². The molecule has 28 heavy (non-hydrogen) atoms. The third-order valence-electron chi connectivity index (χ3n) is 6.10. The van der Waals surface area contributed by atoms with Crippen LogP contribution in [0.1, 0.15) is 44.9 Å². The van der Waals surface area contributed by atoms with E-state index in [1.807, 2.05) is 12.1 Å². The molecule has 4 rings (SSSR count). The first kappa shape index (κ1) is 19.2. The molecule has 1 aromatic carbocycles. The summed E-state index contributed by atoms with van der Waals surface area (Å²) in [5, 5.41) is 12.1. The van der Waals surface area contributed by atoms with Crippen molar-refractivity contribution in [3.8, 4) is 0 Å². The molecular formula is C21H30N4O3. The Bertz CT molecular complexity index is 673. The smallest absolute Gasteiger partial charge is 0.319 e. The Hall–Kier alpha value is -2.12. The lowest BCUT2D eigenvalue weighted by Crippen LogP contribution is -2.39. The predicted octanol–water partition coefficient (Wildman–Crippen LogP) is 2.85. The maximum absolute atomic E-state index is 12.6. The average molecular weight is 386 g/mol. The molecule has 0 aromatic heterocycles. The standard InChI is InChI=1S/C21H30N4O3/c26-20(19-12-14-4-1-2-6-18(14)25-19)23-15-7-9-16(10-8-15)24-21(27)22-13-17-5-3-11-28-17/h7-10,14,17-19,25H,1-6,11-13H2,(H,23,26)(H2,22,24,27). The molecule has 0 radical (unpaired) electrons. The van der Waals surface area contributed by atoms with E-state index >= 15 is 0 Å². The van der Waals surface area contributed by atoms with Crippen molar-refractivity contribution >= 4 is 23.3 Å². The average Bonchev–Trinajstić information content (AvgIpc) is 3.37. The number of carbonyl (C=O) groups is 2. The minimum Gasteiger partial charge on any atom is -0.376 e. The lowest BCUT2D eigenvalue weighted by Gasteiger charge is -2.24. The van der Waals surface area contributed by atoms with E-state index in [1.165, 1.54) is 25.7 Å². The summed E-state index contributed by atoms with van der Waals surface area (Å²) in [5.74, 6) is 0.675. The highest BCUT2D eigenvalue weighted by Gasteiger charge is 2.38. The van der Waals surface area contributed by atoms with Crippen molar-refractivity contribution in [2.75, 3.05) is 23.8 Å². The van der Waals surface area contributed by atoms with Crippen LogP contribution in [0.3, 0.4) is 0 Å². The molecule has 1 aromatic rings. The number of hydrogen-bond acceptors (Lipinski definition) is 4. The molecule has 4 N–H and O–H groups in total. The molecule has 3 amide bonds. The van der Waals surface area contributed by atoms with E-state index in [2.05, 4.69) is 21.3 Å². The molecule has 3 fully saturated rings. The second-order valence-corrected chi connectivity index (χ2v) is 8.14. The number of hydrogen-bond donors (Lipinski definition) is 4. The quantitative estimate of drug-likeness (QED) is 0.626. The van der Waals surface area contributed by atoms with Gasteiger partial charge < -0.3 is 26.0 Å². The maximum atomic E-state index is 12.6. The summed E-state index contributed by atoms with van der Waals surface area (Å²) in [4.78, 5) is 24.5. The van der Waals surface area contributed by atoms with Gasteiger partial charge in [0.25, 0.3) is 0 Å². The largest absolute Gasteiger partial charge is 0.376 e. The molecule has 4 atom stereocenters. The Morgan fingerprint density at radius 3 is 2.46 bits per heavy atom. The van der Waals surface area contributed by atoms with Gasteiger partial charge in [0.05, 0.1) is 12.1 Å². The topological polar surface area (TPSA) is 91.5 Å². The number of nitrogens with one attached hydrogen (secondary N) is 4. The molecule has 7 heteroatoms. The monoisotopic (exact) mass is 386 g/mol. The highest BCUT2D eigenvalue weighted by molar-refractivity contribution is 5.95. The SMILES string of the molecule is O=C(NCC1CCCO1)Nc1ccc(NC(=O)C2CC3CCCCC3N2)cc1. The van der Waals surface area contributed by atoms with Gasteiger partial charge >= 0.3 is 6.03 Å². The van der Waals surface area contributed by atoms with Crippen molar-refractivity contribution < 1.29 is 14.3 Å². The second-order valence-electron chi connectivity index (χ2n) is 8.14. The van der Waals surface area contributed by atoms with Crippen LogP contribution in [-0.4, -0.2) is 43.3 Å². The number of ether oxygens (including phenoxy) is 1. The summed E-state index contributed by atoms with van der Waals surface area (Å²) in [6.45, 7) is 1.30. The van der Waals surface area contributed by atoms with E-state index < -0.39 is 0 Å². The van der Waals surface area contributed by atoms with Crippen LogP contribution in [0.25, 0.3) is 0 Å². The van der Waals surface area contributed by atoms with Crippen molar-refractivity contribution in [2.45, 2.75) is 63.1 Å². The zero-order valence-electron chi connectivity index (χ0n) is 16.2. The van der Waals surface area contributed by atoms with Gasteiger partial charge in [0.2, 0.25) is 5.91 Å². The van der Waals surface area contributed by atoms with Gasteiger partial charge in [-0.2, -0.15) is 0 Å². The molecule has 1 aliphatic carbocycles. The lowest BCUT2D eigenvalue weighted by molar-refractivity contribution is -0.117. The minimum atomic E-state index is -0.245. The summed E-state index contributed by atoms with van der Waals surface area (Å²) in [6.07, 6.45) is 8.06. The number of urea groups is 1. The molecule has 152 valence electrons. The summed E-state index contributed by atoms with van der Waals surface area (Å²) in [7, 11) is 0. The van der Waals surface area contributed by atoms with Crippen LogP contribution in [0.5, 0.6) is 0 Å². The summed E-state index contributed by atoms with van der Waals surface area (Å²) in [5.41, 5.74) is 1.43. The van der Waals surface area contributed by atoms with Crippen molar-refractivity contribution in [3.05, 3.63) is 24.3 Å². The Morgan fingerprint density at radius 2 is 1.75 bits per heavy atom. The van der Waals surface area contributed by atoms with Gasteiger partial charge in [-0.05, 0) is 62.3 Å². The molecule has 0 bridgehead atoms. The van der Waals surface area contributed by atoms with Gasteiger partial charge in [-0.3, -0.25) is 4.79 Å². The van der Waals surface area contributed by atoms with Crippen LogP contribution in [0.15, 0.2) is 24.3 Å². The highest BCUT2D eigenvalue weighted by Crippen LogP contribution is 2.33. The number of carbonyl (C=O) groups excluding carboxylic acids is 2. The Kier molecular flexibility index (Phi) is 6.12. The Morgan fingerprint density at radius 1 is 1.00 bits per heavy atom. The van der Waals surface area contributed by atoms with Crippen LogP contribution >= 0.6 is 0 Å². The van der Waals surface area contributed by atoms with Gasteiger partial charge in [-0.25, -0.2) is 4.79 Å². The van der Waals surface area contributed by atoms with E-state index in [-0.39, 0.29) is 24.1 Å². The first-order valence-electron chi connectivity index (χ1n) is 10.5. The summed E-state index contributed by atoms with van der Waals surface area (Å²) < 4.78 is 5.49. The molecule has 1 saturated carbocycles. The van der Waals surface area contributed by atoms with Crippen molar-refractivity contribution in [1.29, 1.82) is 0 Å². The molecule has 3 aliphatic rings. The van der Waals surface area contributed by atoms with Crippen LogP contribution in [0, 0.1) is 5.92 Å². The summed E-state index contributed by atoms with van der Waals surface area (Å²) in [6, 6.07) is 7.38. The van der Waals surface area contributed by atoms with Crippen molar-refractivity contribution in [3.63, 3.8) is 0 Å².